The third-order valence-electron chi connectivity index (χ3n) is 4.68. The number of halogens is 1. The van der Waals surface area contributed by atoms with Gasteiger partial charge in [-0.3, -0.25) is 13.9 Å². The summed E-state index contributed by atoms with van der Waals surface area (Å²) in [6, 6.07) is 12.5. The number of aryl methyl sites for hydroxylation is 1. The topological polar surface area (TPSA) is 69.2 Å². The number of hydrogen-bond acceptors (Lipinski definition) is 3. The van der Waals surface area contributed by atoms with Crippen LogP contribution in [0, 0.1) is 5.82 Å². The highest BCUT2D eigenvalue weighted by Gasteiger charge is 2.22. The molecular formula is C20H16FN3O3. The van der Waals surface area contributed by atoms with E-state index in [0.29, 0.717) is 16.9 Å². The minimum absolute atomic E-state index is 0.0338. The molecule has 27 heavy (non-hydrogen) atoms. The van der Waals surface area contributed by atoms with Crippen molar-refractivity contribution in [3.8, 4) is 22.7 Å². The molecule has 0 bridgehead atoms. The van der Waals surface area contributed by atoms with Gasteiger partial charge in [0.2, 0.25) is 0 Å². The molecule has 0 saturated heterocycles. The normalized spacial score (nSPS) is 11.2. The van der Waals surface area contributed by atoms with Crippen molar-refractivity contribution < 1.29 is 9.50 Å². The zero-order valence-corrected chi connectivity index (χ0v) is 14.7. The molecule has 2 heterocycles. The maximum atomic E-state index is 14.6. The van der Waals surface area contributed by atoms with E-state index in [1.54, 1.807) is 48.1 Å². The predicted molar refractivity (Wildman–Crippen MR) is 101 cm³/mol. The summed E-state index contributed by atoms with van der Waals surface area (Å²) in [5, 5.41) is 10.1. The van der Waals surface area contributed by atoms with Crippen molar-refractivity contribution in [3.63, 3.8) is 0 Å². The van der Waals surface area contributed by atoms with Gasteiger partial charge < -0.3 is 9.67 Å². The van der Waals surface area contributed by atoms with Gasteiger partial charge in [0.15, 0.2) is 0 Å². The van der Waals surface area contributed by atoms with Gasteiger partial charge in [-0.2, -0.15) is 0 Å². The van der Waals surface area contributed by atoms with Crippen LogP contribution in [0.1, 0.15) is 0 Å². The Kier molecular flexibility index (Phi) is 3.73. The van der Waals surface area contributed by atoms with E-state index in [1.807, 2.05) is 0 Å². The fourth-order valence-corrected chi connectivity index (χ4v) is 3.31. The van der Waals surface area contributed by atoms with Crippen LogP contribution in [0.3, 0.4) is 0 Å². The molecule has 0 aliphatic heterocycles. The summed E-state index contributed by atoms with van der Waals surface area (Å²) in [7, 11) is 2.95. The summed E-state index contributed by atoms with van der Waals surface area (Å²) in [6.45, 7) is 0. The number of phenols is 1. The molecule has 1 N–H and O–H groups in total. The molecule has 0 spiro atoms. The Morgan fingerprint density at radius 3 is 2.41 bits per heavy atom. The molecular weight excluding hydrogens is 349 g/mol. The zero-order valence-electron chi connectivity index (χ0n) is 14.7. The summed E-state index contributed by atoms with van der Waals surface area (Å²) in [5.74, 6) is -0.457. The highest BCUT2D eigenvalue weighted by atomic mass is 19.1. The number of hydrogen-bond donors (Lipinski definition) is 1. The maximum Gasteiger partial charge on any atom is 0.330 e. The fraction of sp³-hybridized carbons (Fsp3) is 0.100. The van der Waals surface area contributed by atoms with E-state index in [0.717, 1.165) is 4.57 Å². The van der Waals surface area contributed by atoms with Gasteiger partial charge in [0.25, 0.3) is 5.56 Å². The van der Waals surface area contributed by atoms with Gasteiger partial charge >= 0.3 is 5.69 Å². The van der Waals surface area contributed by atoms with Crippen LogP contribution in [0.2, 0.25) is 0 Å². The molecule has 0 radical (unpaired) electrons. The van der Waals surface area contributed by atoms with Gasteiger partial charge in [0, 0.05) is 37.6 Å². The van der Waals surface area contributed by atoms with Crippen molar-refractivity contribution in [3.05, 3.63) is 81.4 Å². The summed E-state index contributed by atoms with van der Waals surface area (Å²) < 4.78 is 18.6. The third kappa shape index (κ3) is 2.47. The lowest BCUT2D eigenvalue weighted by Gasteiger charge is -2.11. The fourth-order valence-electron chi connectivity index (χ4n) is 3.31. The number of nitrogens with zero attached hydrogens (tertiary/aromatic N) is 3. The Morgan fingerprint density at radius 2 is 1.70 bits per heavy atom. The molecule has 0 aliphatic rings. The van der Waals surface area contributed by atoms with Gasteiger partial charge in [0.05, 0.1) is 16.6 Å². The first kappa shape index (κ1) is 16.8. The largest absolute Gasteiger partial charge is 0.508 e. The van der Waals surface area contributed by atoms with Crippen LogP contribution in [-0.2, 0) is 14.1 Å². The average Bonchev–Trinajstić information content (AvgIpc) is 3.05. The van der Waals surface area contributed by atoms with Crippen LogP contribution in [0.25, 0.3) is 27.8 Å². The number of aromatic nitrogens is 3. The number of rotatable bonds is 2. The second-order valence-corrected chi connectivity index (χ2v) is 6.31. The molecule has 4 aromatic rings. The molecule has 0 unspecified atom stereocenters. The van der Waals surface area contributed by atoms with Crippen molar-refractivity contribution in [1.82, 2.24) is 13.7 Å². The van der Waals surface area contributed by atoms with Gasteiger partial charge in [-0.15, -0.1) is 0 Å². The molecule has 0 amide bonds. The standard InChI is InChI=1S/C20H16FN3O3/c1-22-16-11-24(12-6-5-7-13(25)10-12)18(14-8-3-4-9-15(14)21)17(16)19(26)23(2)20(22)27/h3-11,25H,1-2H3. The van der Waals surface area contributed by atoms with Gasteiger partial charge in [-0.1, -0.05) is 18.2 Å². The Balaban J connectivity index is 2.25. The van der Waals surface area contributed by atoms with E-state index < -0.39 is 17.1 Å². The monoisotopic (exact) mass is 365 g/mol. The third-order valence-corrected chi connectivity index (χ3v) is 4.68. The smallest absolute Gasteiger partial charge is 0.330 e. The molecule has 136 valence electrons. The molecule has 2 aromatic heterocycles. The van der Waals surface area contributed by atoms with Crippen LogP contribution in [0.15, 0.2) is 64.3 Å². The summed E-state index contributed by atoms with van der Waals surface area (Å²) >= 11 is 0. The van der Waals surface area contributed by atoms with Gasteiger partial charge in [0.1, 0.15) is 11.6 Å². The molecule has 0 atom stereocenters. The van der Waals surface area contributed by atoms with E-state index in [9.17, 15) is 19.1 Å². The maximum absolute atomic E-state index is 14.6. The average molecular weight is 365 g/mol. The van der Waals surface area contributed by atoms with Crippen LogP contribution < -0.4 is 11.2 Å². The molecule has 2 aromatic carbocycles. The number of phenolic OH excluding ortho intramolecular Hbond substituents is 1. The van der Waals surface area contributed by atoms with Crippen molar-refractivity contribution in [2.75, 3.05) is 0 Å². The van der Waals surface area contributed by atoms with Gasteiger partial charge in [-0.05, 0) is 24.3 Å². The second-order valence-electron chi connectivity index (χ2n) is 6.31. The lowest BCUT2D eigenvalue weighted by atomic mass is 10.1. The lowest BCUT2D eigenvalue weighted by Crippen LogP contribution is -2.36. The molecule has 7 heteroatoms. The minimum atomic E-state index is -0.509. The molecule has 0 aliphatic carbocycles. The number of aromatic hydroxyl groups is 1. The Labute approximate surface area is 153 Å². The van der Waals surface area contributed by atoms with Crippen LogP contribution in [0.5, 0.6) is 5.75 Å². The molecule has 4 rings (SSSR count). The number of fused-ring (bicyclic) bond motifs is 1. The van der Waals surface area contributed by atoms with Crippen LogP contribution in [-0.4, -0.2) is 18.8 Å². The van der Waals surface area contributed by atoms with Crippen molar-refractivity contribution >= 4 is 10.9 Å². The SMILES string of the molecule is Cn1c(=O)c2c(-c3ccccc3F)n(-c3cccc(O)c3)cc2n(C)c1=O. The van der Waals surface area contributed by atoms with Gasteiger partial charge in [-0.25, -0.2) is 9.18 Å². The molecule has 0 fully saturated rings. The predicted octanol–water partition coefficient (Wildman–Crippen LogP) is 2.54. The Bertz CT molecular complexity index is 1310. The first-order chi connectivity index (χ1) is 12.9. The second kappa shape index (κ2) is 5.98. The highest BCUT2D eigenvalue weighted by Crippen LogP contribution is 2.33. The van der Waals surface area contributed by atoms with Crippen molar-refractivity contribution in [2.45, 2.75) is 0 Å². The summed E-state index contributed by atoms with van der Waals surface area (Å²) in [4.78, 5) is 25.2. The first-order valence-electron chi connectivity index (χ1n) is 8.25. The van der Waals surface area contributed by atoms with E-state index in [-0.39, 0.29) is 16.7 Å². The summed E-state index contributed by atoms with van der Waals surface area (Å²) in [5.41, 5.74) is 0.492. The Hall–Kier alpha value is -3.61. The highest BCUT2D eigenvalue weighted by molar-refractivity contribution is 5.95. The molecule has 6 nitrogen and oxygen atoms in total. The van der Waals surface area contributed by atoms with Crippen LogP contribution >= 0.6 is 0 Å². The van der Waals surface area contributed by atoms with Crippen molar-refractivity contribution in [2.24, 2.45) is 14.1 Å². The van der Waals surface area contributed by atoms with E-state index in [4.69, 9.17) is 0 Å². The quantitative estimate of drug-likeness (QED) is 0.594. The first-order valence-corrected chi connectivity index (χ1v) is 8.25. The zero-order chi connectivity index (χ0) is 19.3. The summed E-state index contributed by atoms with van der Waals surface area (Å²) in [6.07, 6.45) is 1.61. The van der Waals surface area contributed by atoms with E-state index >= 15 is 0 Å². The van der Waals surface area contributed by atoms with E-state index in [2.05, 4.69) is 0 Å². The van der Waals surface area contributed by atoms with Crippen LogP contribution in [0.4, 0.5) is 4.39 Å². The lowest BCUT2D eigenvalue weighted by molar-refractivity contribution is 0.475. The number of benzene rings is 2. The van der Waals surface area contributed by atoms with E-state index in [1.165, 1.54) is 29.8 Å². The minimum Gasteiger partial charge on any atom is -0.508 e. The Morgan fingerprint density at radius 1 is 0.963 bits per heavy atom. The van der Waals surface area contributed by atoms with Crippen molar-refractivity contribution in [1.29, 1.82) is 0 Å². The molecule has 0 saturated carbocycles.